The van der Waals surface area contributed by atoms with E-state index in [-0.39, 0.29) is 0 Å². The van der Waals surface area contributed by atoms with Crippen molar-refractivity contribution in [2.45, 2.75) is 6.42 Å². The number of hydrazine groups is 1. The smallest absolute Gasteiger partial charge is 0.0766 e. The van der Waals surface area contributed by atoms with Crippen molar-refractivity contribution in [2.75, 3.05) is 27.2 Å². The molecule has 0 aromatic carbocycles. The molecule has 8 heavy (non-hydrogen) atoms. The molecular weight excluding hydrogens is 102 g/mol. The third-order valence-electron chi connectivity index (χ3n) is 1.00. The molecule has 0 aliphatic carbocycles. The predicted octanol–water partition coefficient (Wildman–Crippen LogP) is -1.62. The number of hydrogen-bond donors (Lipinski definition) is 2. The maximum atomic E-state index is 5.35. The van der Waals surface area contributed by atoms with Crippen LogP contribution in [0.1, 0.15) is 6.42 Å². The third kappa shape index (κ3) is 5.88. The molecule has 0 aromatic heterocycles. The largest absolute Gasteiger partial charge is 0.349 e. The van der Waals surface area contributed by atoms with E-state index in [1.54, 1.807) is 5.01 Å². The van der Waals surface area contributed by atoms with Gasteiger partial charge in [-0.2, -0.15) is 0 Å². The van der Waals surface area contributed by atoms with Crippen molar-refractivity contribution in [1.82, 2.24) is 5.01 Å². The van der Waals surface area contributed by atoms with Gasteiger partial charge in [0.05, 0.1) is 13.6 Å². The number of nitrogens with zero attached hydrogens (tertiary/aromatic N) is 1. The van der Waals surface area contributed by atoms with Gasteiger partial charge in [-0.15, -0.1) is 0 Å². The molecule has 0 fully saturated rings. The molecule has 0 atom stereocenters. The third-order valence-corrected chi connectivity index (χ3v) is 1.00. The summed E-state index contributed by atoms with van der Waals surface area (Å²) >= 11 is 0. The molecule has 0 unspecified atom stereocenters. The van der Waals surface area contributed by atoms with Crippen molar-refractivity contribution in [3.05, 3.63) is 0 Å². The first kappa shape index (κ1) is 7.88. The Kier molecular flexibility index (Phi) is 4.95. The lowest BCUT2D eigenvalue weighted by molar-refractivity contribution is -0.627. The zero-order valence-electron chi connectivity index (χ0n) is 5.72. The fourth-order valence-electron chi connectivity index (χ4n) is 0.545. The molecule has 4 N–H and O–H groups in total. The molecule has 0 aromatic rings. The van der Waals surface area contributed by atoms with Gasteiger partial charge in [-0.3, -0.25) is 5.84 Å². The number of rotatable bonds is 4. The van der Waals surface area contributed by atoms with E-state index < -0.39 is 0 Å². The molecule has 0 saturated carbocycles. The first-order valence-corrected chi connectivity index (χ1v) is 3.01. The standard InChI is InChI=1S/C5H15N3/c1-7-4-3-5-8(2)6/h7H,3-6H2,1-2H3/p+1. The van der Waals surface area contributed by atoms with Gasteiger partial charge in [0.2, 0.25) is 0 Å². The monoisotopic (exact) mass is 118 g/mol. The van der Waals surface area contributed by atoms with Crippen molar-refractivity contribution >= 4 is 0 Å². The van der Waals surface area contributed by atoms with Crippen LogP contribution in [0.4, 0.5) is 0 Å². The Labute approximate surface area is 50.8 Å². The number of quaternary nitrogens is 1. The van der Waals surface area contributed by atoms with Gasteiger partial charge in [-0.25, -0.2) is 5.01 Å². The molecule has 0 amide bonds. The Bertz CT molecular complexity index is 44.9. The van der Waals surface area contributed by atoms with Crippen molar-refractivity contribution in [2.24, 2.45) is 5.84 Å². The minimum absolute atomic E-state index is 0.990. The highest BCUT2D eigenvalue weighted by molar-refractivity contribution is 4.36. The highest BCUT2D eigenvalue weighted by Gasteiger charge is 1.88. The Morgan fingerprint density at radius 2 is 2.25 bits per heavy atom. The van der Waals surface area contributed by atoms with Gasteiger partial charge >= 0.3 is 0 Å². The van der Waals surface area contributed by atoms with Gasteiger partial charge in [-0.05, 0) is 0 Å². The van der Waals surface area contributed by atoms with Gasteiger partial charge in [0.15, 0.2) is 0 Å². The van der Waals surface area contributed by atoms with E-state index in [9.17, 15) is 0 Å². The lowest BCUT2D eigenvalue weighted by atomic mass is 10.4. The average Bonchev–Trinajstić information content (AvgIpc) is 1.66. The van der Waals surface area contributed by atoms with Crippen LogP contribution in [0.5, 0.6) is 0 Å². The lowest BCUT2D eigenvalue weighted by Gasteiger charge is -2.06. The number of nitrogens with two attached hydrogens (primary N) is 2. The summed E-state index contributed by atoms with van der Waals surface area (Å²) in [7, 11) is 3.95. The minimum atomic E-state index is 0.990. The molecule has 50 valence electrons. The normalized spacial score (nSPS) is 10.5. The Morgan fingerprint density at radius 3 is 2.62 bits per heavy atom. The first-order chi connectivity index (χ1) is 3.77. The van der Waals surface area contributed by atoms with Gasteiger partial charge < -0.3 is 5.32 Å². The number of hydrogen-bond acceptors (Lipinski definition) is 2. The Hall–Kier alpha value is -0.120. The SMILES string of the molecule is C[NH2+]CCCN(C)N. The van der Waals surface area contributed by atoms with Crippen LogP contribution in [0.2, 0.25) is 0 Å². The highest BCUT2D eigenvalue weighted by Crippen LogP contribution is 1.72. The molecule has 0 saturated heterocycles. The summed E-state index contributed by atoms with van der Waals surface area (Å²) in [5, 5.41) is 3.87. The van der Waals surface area contributed by atoms with Crippen LogP contribution in [-0.2, 0) is 0 Å². The summed E-state index contributed by atoms with van der Waals surface area (Å²) in [6.45, 7) is 2.16. The van der Waals surface area contributed by atoms with Crippen molar-refractivity contribution < 1.29 is 5.32 Å². The van der Waals surface area contributed by atoms with Crippen LogP contribution in [0.25, 0.3) is 0 Å². The second kappa shape index (κ2) is 5.03. The zero-order valence-corrected chi connectivity index (χ0v) is 5.72. The van der Waals surface area contributed by atoms with Crippen molar-refractivity contribution in [3.8, 4) is 0 Å². The summed E-state index contributed by atoms with van der Waals surface area (Å²) in [5.74, 6) is 5.35. The second-order valence-corrected chi connectivity index (χ2v) is 2.03. The summed E-state index contributed by atoms with van der Waals surface area (Å²) in [5.41, 5.74) is 0. The molecule has 0 aliphatic rings. The first-order valence-electron chi connectivity index (χ1n) is 3.01. The fraction of sp³-hybridized carbons (Fsp3) is 1.00. The summed E-state index contributed by atoms with van der Waals surface area (Å²) in [6, 6.07) is 0. The van der Waals surface area contributed by atoms with Crippen LogP contribution in [0.3, 0.4) is 0 Å². The van der Waals surface area contributed by atoms with E-state index in [1.165, 1.54) is 13.0 Å². The molecule has 0 radical (unpaired) electrons. The van der Waals surface area contributed by atoms with Crippen LogP contribution in [0, 0.1) is 0 Å². The van der Waals surface area contributed by atoms with Crippen LogP contribution < -0.4 is 11.2 Å². The summed E-state index contributed by atoms with van der Waals surface area (Å²) in [4.78, 5) is 0. The van der Waals surface area contributed by atoms with Gasteiger partial charge in [-0.1, -0.05) is 0 Å². The average molecular weight is 118 g/mol. The summed E-state index contributed by atoms with van der Waals surface area (Å²) in [6.07, 6.45) is 1.17. The molecule has 0 bridgehead atoms. The summed E-state index contributed by atoms with van der Waals surface area (Å²) < 4.78 is 0. The zero-order chi connectivity index (χ0) is 6.41. The topological polar surface area (TPSA) is 45.9 Å². The molecule has 0 spiro atoms. The molecule has 3 nitrogen and oxygen atoms in total. The minimum Gasteiger partial charge on any atom is -0.349 e. The van der Waals surface area contributed by atoms with E-state index in [2.05, 4.69) is 12.4 Å². The van der Waals surface area contributed by atoms with Gasteiger partial charge in [0, 0.05) is 20.0 Å². The maximum Gasteiger partial charge on any atom is 0.0766 e. The molecule has 0 heterocycles. The van der Waals surface area contributed by atoms with Gasteiger partial charge in [0.1, 0.15) is 0 Å². The van der Waals surface area contributed by atoms with Crippen molar-refractivity contribution in [1.29, 1.82) is 0 Å². The van der Waals surface area contributed by atoms with E-state index in [1.807, 2.05) is 7.05 Å². The molecule has 0 rings (SSSR count). The van der Waals surface area contributed by atoms with Crippen LogP contribution >= 0.6 is 0 Å². The molecule has 0 aliphatic heterocycles. The van der Waals surface area contributed by atoms with Crippen molar-refractivity contribution in [3.63, 3.8) is 0 Å². The quantitative estimate of drug-likeness (QED) is 0.265. The van der Waals surface area contributed by atoms with Crippen LogP contribution in [0.15, 0.2) is 0 Å². The van der Waals surface area contributed by atoms with E-state index in [4.69, 9.17) is 5.84 Å². The van der Waals surface area contributed by atoms with Crippen LogP contribution in [-0.4, -0.2) is 32.2 Å². The maximum absolute atomic E-state index is 5.35. The lowest BCUT2D eigenvalue weighted by Crippen LogP contribution is -2.79. The van der Waals surface area contributed by atoms with E-state index >= 15 is 0 Å². The highest BCUT2D eigenvalue weighted by atomic mass is 15.4. The predicted molar refractivity (Wildman–Crippen MR) is 34.2 cm³/mol. The van der Waals surface area contributed by atoms with Gasteiger partial charge in [0.25, 0.3) is 0 Å². The van der Waals surface area contributed by atoms with E-state index in [0.717, 1.165) is 6.54 Å². The molecular formula is C5H16N3+. The molecule has 3 heteroatoms. The van der Waals surface area contributed by atoms with E-state index in [0.29, 0.717) is 0 Å². The Balaban J connectivity index is 2.72. The Morgan fingerprint density at radius 1 is 1.62 bits per heavy atom. The second-order valence-electron chi connectivity index (χ2n) is 2.03. The fourth-order valence-corrected chi connectivity index (χ4v) is 0.545.